The van der Waals surface area contributed by atoms with E-state index in [1.54, 1.807) is 15.9 Å². The molecule has 1 aliphatic carbocycles. The summed E-state index contributed by atoms with van der Waals surface area (Å²) in [6.45, 7) is 0.378. The smallest absolute Gasteiger partial charge is 0.263 e. The van der Waals surface area contributed by atoms with E-state index in [2.05, 4.69) is 0 Å². The van der Waals surface area contributed by atoms with Gasteiger partial charge in [-0.2, -0.15) is 0 Å². The fourth-order valence-electron chi connectivity index (χ4n) is 3.54. The minimum atomic E-state index is -1.16. The molecule has 0 N–H and O–H groups in total. The first kappa shape index (κ1) is 18.3. The number of thioether (sulfide) groups is 1. The number of fused-ring (bicyclic) bond motifs is 3. The third-order valence-electron chi connectivity index (χ3n) is 4.79. The lowest BCUT2D eigenvalue weighted by Gasteiger charge is -2.13. The lowest BCUT2D eigenvalue weighted by molar-refractivity contribution is -0.301. The summed E-state index contributed by atoms with van der Waals surface area (Å²) in [5.74, 6) is -1.39. The number of carbonyl (C=O) groups excluding carboxylic acids is 1. The molecule has 140 valence electrons. The lowest BCUT2D eigenvalue weighted by Crippen LogP contribution is -2.27. The Bertz CT molecular complexity index is 1040. The first-order chi connectivity index (χ1) is 13.1. The van der Waals surface area contributed by atoms with Crippen LogP contribution in [0.25, 0.3) is 10.2 Å². The van der Waals surface area contributed by atoms with Gasteiger partial charge in [-0.1, -0.05) is 48.5 Å². The zero-order chi connectivity index (χ0) is 18.8. The maximum Gasteiger partial charge on any atom is 0.263 e. The molecule has 2 aromatic heterocycles. The summed E-state index contributed by atoms with van der Waals surface area (Å²) in [4.78, 5) is 31.0. The Hall–Kier alpha value is -2.12. The minimum Gasteiger partial charge on any atom is -0.549 e. The third kappa shape index (κ3) is 3.80. The number of benzene rings is 1. The van der Waals surface area contributed by atoms with Crippen LogP contribution in [0.4, 0.5) is 0 Å². The van der Waals surface area contributed by atoms with Gasteiger partial charge in [0.05, 0.1) is 17.9 Å². The minimum absolute atomic E-state index is 0.0656. The molecule has 3 aromatic rings. The number of carboxylic acid groups (broad SMARTS) is 1. The fraction of sp³-hybridized carbons (Fsp3) is 0.350. The average Bonchev–Trinajstić information content (AvgIpc) is 2.84. The summed E-state index contributed by atoms with van der Waals surface area (Å²) in [5, 5.41) is 12.1. The van der Waals surface area contributed by atoms with Crippen LogP contribution in [0.3, 0.4) is 0 Å². The summed E-state index contributed by atoms with van der Waals surface area (Å²) in [7, 11) is 0. The van der Waals surface area contributed by atoms with Crippen LogP contribution in [-0.2, 0) is 24.2 Å². The highest BCUT2D eigenvalue weighted by atomic mass is 32.2. The van der Waals surface area contributed by atoms with E-state index in [1.807, 2.05) is 30.3 Å². The molecule has 0 saturated heterocycles. The van der Waals surface area contributed by atoms with Crippen molar-refractivity contribution in [3.05, 3.63) is 56.7 Å². The van der Waals surface area contributed by atoms with Gasteiger partial charge in [-0.15, -0.1) is 11.3 Å². The summed E-state index contributed by atoms with van der Waals surface area (Å²) in [6, 6.07) is 9.70. The molecule has 0 saturated carbocycles. The van der Waals surface area contributed by atoms with Gasteiger partial charge in [0, 0.05) is 10.6 Å². The highest BCUT2D eigenvalue weighted by Crippen LogP contribution is 2.34. The molecule has 1 aromatic carbocycles. The van der Waals surface area contributed by atoms with Gasteiger partial charge in [-0.3, -0.25) is 9.36 Å². The Balaban J connectivity index is 1.87. The topological polar surface area (TPSA) is 75.0 Å². The molecular weight excluding hydrogens is 380 g/mol. The Morgan fingerprint density at radius 2 is 1.96 bits per heavy atom. The number of nitrogens with zero attached hydrogens (tertiary/aromatic N) is 2. The van der Waals surface area contributed by atoms with E-state index in [1.165, 1.54) is 11.3 Å². The average molecular weight is 400 g/mol. The van der Waals surface area contributed by atoms with Gasteiger partial charge in [0.1, 0.15) is 4.83 Å². The molecule has 0 aliphatic heterocycles. The van der Waals surface area contributed by atoms with E-state index in [0.29, 0.717) is 11.7 Å². The van der Waals surface area contributed by atoms with Gasteiger partial charge in [-0.05, 0) is 36.8 Å². The molecule has 0 radical (unpaired) electrons. The predicted molar refractivity (Wildman–Crippen MR) is 106 cm³/mol. The molecule has 0 unspecified atom stereocenters. The van der Waals surface area contributed by atoms with Gasteiger partial charge in [0.25, 0.3) is 5.56 Å². The van der Waals surface area contributed by atoms with Crippen LogP contribution >= 0.6 is 23.1 Å². The van der Waals surface area contributed by atoms with Gasteiger partial charge in [0.15, 0.2) is 5.16 Å². The first-order valence-corrected chi connectivity index (χ1v) is 10.9. The first-order valence-electron chi connectivity index (χ1n) is 9.05. The van der Waals surface area contributed by atoms with E-state index in [9.17, 15) is 14.7 Å². The van der Waals surface area contributed by atoms with Crippen molar-refractivity contribution in [3.63, 3.8) is 0 Å². The summed E-state index contributed by atoms with van der Waals surface area (Å²) in [5.41, 5.74) is 2.07. The maximum atomic E-state index is 13.4. The summed E-state index contributed by atoms with van der Waals surface area (Å²) < 4.78 is 1.61. The third-order valence-corrected chi connectivity index (χ3v) is 6.93. The van der Waals surface area contributed by atoms with Crippen molar-refractivity contribution >= 4 is 39.3 Å². The lowest BCUT2D eigenvalue weighted by atomic mass is 10.1. The quantitative estimate of drug-likeness (QED) is 0.375. The molecule has 0 bridgehead atoms. The van der Waals surface area contributed by atoms with Crippen LogP contribution in [0.15, 0.2) is 40.3 Å². The summed E-state index contributed by atoms with van der Waals surface area (Å²) in [6.07, 6.45) is 5.34. The number of thiophene rings is 1. The van der Waals surface area contributed by atoms with Gasteiger partial charge in [-0.25, -0.2) is 4.98 Å². The number of carboxylic acids is 1. The number of hydrogen-bond acceptors (Lipinski definition) is 6. The van der Waals surface area contributed by atoms with E-state index < -0.39 is 5.97 Å². The van der Waals surface area contributed by atoms with Gasteiger partial charge >= 0.3 is 0 Å². The molecule has 4 rings (SSSR count). The zero-order valence-electron chi connectivity index (χ0n) is 14.8. The van der Waals surface area contributed by atoms with E-state index >= 15 is 0 Å². The van der Waals surface area contributed by atoms with Crippen LogP contribution in [0.1, 0.15) is 35.3 Å². The van der Waals surface area contributed by atoms with Crippen molar-refractivity contribution in [2.45, 2.75) is 43.8 Å². The maximum absolute atomic E-state index is 13.4. The van der Waals surface area contributed by atoms with E-state index in [-0.39, 0.29) is 11.3 Å². The van der Waals surface area contributed by atoms with Crippen molar-refractivity contribution in [2.24, 2.45) is 0 Å². The molecule has 0 spiro atoms. The largest absolute Gasteiger partial charge is 0.549 e. The second kappa shape index (κ2) is 7.86. The molecule has 5 nitrogen and oxygen atoms in total. The predicted octanol–water partition coefficient (Wildman–Crippen LogP) is 2.62. The van der Waals surface area contributed by atoms with E-state index in [0.717, 1.165) is 58.8 Å². The van der Waals surface area contributed by atoms with Gasteiger partial charge < -0.3 is 9.90 Å². The Labute approximate surface area is 165 Å². The second-order valence-electron chi connectivity index (χ2n) is 6.68. The highest BCUT2D eigenvalue weighted by Gasteiger charge is 2.21. The number of rotatable bonds is 5. The van der Waals surface area contributed by atoms with Crippen LogP contribution in [-0.4, -0.2) is 21.3 Å². The van der Waals surface area contributed by atoms with E-state index in [4.69, 9.17) is 4.98 Å². The monoisotopic (exact) mass is 399 g/mol. The highest BCUT2D eigenvalue weighted by molar-refractivity contribution is 7.99. The Kier molecular flexibility index (Phi) is 5.31. The zero-order valence-corrected chi connectivity index (χ0v) is 16.4. The van der Waals surface area contributed by atoms with Crippen molar-refractivity contribution < 1.29 is 9.90 Å². The molecule has 7 heteroatoms. The normalized spacial score (nSPS) is 14.1. The summed E-state index contributed by atoms with van der Waals surface area (Å²) >= 11 is 2.64. The van der Waals surface area contributed by atoms with Crippen LogP contribution in [0, 0.1) is 0 Å². The number of aryl methyl sites for hydroxylation is 2. The number of aromatic nitrogens is 2. The van der Waals surface area contributed by atoms with Crippen LogP contribution in [0.2, 0.25) is 0 Å². The SMILES string of the molecule is O=C([O-])CSc1nc2sc3c(c2c(=O)n1Cc1ccccc1)CCCCC3. The van der Waals surface area contributed by atoms with Crippen molar-refractivity contribution in [1.29, 1.82) is 0 Å². The molecule has 0 fully saturated rings. The Morgan fingerprint density at radius 3 is 2.74 bits per heavy atom. The number of aliphatic carboxylic acids is 1. The second-order valence-corrected chi connectivity index (χ2v) is 8.70. The van der Waals surface area contributed by atoms with Crippen molar-refractivity contribution in [2.75, 3.05) is 5.75 Å². The molecule has 0 amide bonds. The number of hydrogen-bond donors (Lipinski definition) is 0. The fourth-order valence-corrected chi connectivity index (χ4v) is 5.55. The molecule has 1 aliphatic rings. The number of carbonyl (C=O) groups is 1. The molecule has 2 heterocycles. The standard InChI is InChI=1S/C20H20N2O3S2/c23-16(24)12-26-20-21-18-17(14-9-5-2-6-10-15(14)27-18)19(25)22(20)11-13-7-3-1-4-8-13/h1,3-4,7-8H,2,5-6,9-12H2,(H,23,24)/p-1. The van der Waals surface area contributed by atoms with Gasteiger partial charge in [0.2, 0.25) is 0 Å². The molecular formula is C20H19N2O3S2-. The molecule has 0 atom stereocenters. The Morgan fingerprint density at radius 1 is 1.19 bits per heavy atom. The van der Waals surface area contributed by atoms with Crippen LogP contribution < -0.4 is 10.7 Å². The molecule has 27 heavy (non-hydrogen) atoms. The van der Waals surface area contributed by atoms with Crippen molar-refractivity contribution in [1.82, 2.24) is 9.55 Å². The van der Waals surface area contributed by atoms with Crippen LogP contribution in [0.5, 0.6) is 0 Å². The van der Waals surface area contributed by atoms with Crippen molar-refractivity contribution in [3.8, 4) is 0 Å².